The maximum Gasteiger partial charge on any atom is 0.252 e. The Morgan fingerprint density at radius 2 is 2.00 bits per heavy atom. The molecular formula is C18H19ClN2O3S2. The van der Waals surface area contributed by atoms with E-state index >= 15 is 0 Å². The first-order chi connectivity index (χ1) is 12.5. The molecule has 1 aliphatic heterocycles. The van der Waals surface area contributed by atoms with E-state index in [9.17, 15) is 8.42 Å². The smallest absolute Gasteiger partial charge is 0.252 e. The summed E-state index contributed by atoms with van der Waals surface area (Å²) in [5.41, 5.74) is 0.820. The molecule has 5 nitrogen and oxygen atoms in total. The molecule has 0 aliphatic carbocycles. The minimum Gasteiger partial charge on any atom is -0.460 e. The highest BCUT2D eigenvalue weighted by molar-refractivity contribution is 7.91. The molecule has 1 saturated heterocycles. The lowest BCUT2D eigenvalue weighted by Gasteiger charge is -2.20. The lowest BCUT2D eigenvalue weighted by atomic mass is 10.2. The van der Waals surface area contributed by atoms with Crippen LogP contribution in [0, 0.1) is 0 Å². The summed E-state index contributed by atoms with van der Waals surface area (Å²) < 4.78 is 33.3. The maximum atomic E-state index is 12.7. The second-order valence-electron chi connectivity index (χ2n) is 6.36. The maximum absolute atomic E-state index is 12.7. The number of rotatable bonds is 4. The van der Waals surface area contributed by atoms with Crippen LogP contribution in [0.5, 0.6) is 0 Å². The summed E-state index contributed by atoms with van der Waals surface area (Å²) in [6, 6.07) is 11.0. The third-order valence-corrected chi connectivity index (χ3v) is 8.05. The zero-order valence-corrected chi connectivity index (χ0v) is 16.5. The Hall–Kier alpha value is -1.38. The summed E-state index contributed by atoms with van der Waals surface area (Å²) >= 11 is 7.30. The number of halogens is 1. The van der Waals surface area contributed by atoms with Gasteiger partial charge in [0.2, 0.25) is 0 Å². The highest BCUT2D eigenvalue weighted by atomic mass is 35.5. The monoisotopic (exact) mass is 410 g/mol. The number of hydrogen-bond donors (Lipinski definition) is 0. The highest BCUT2D eigenvalue weighted by Gasteiger charge is 2.27. The minimum atomic E-state index is -3.38. The van der Waals surface area contributed by atoms with Gasteiger partial charge in [-0.3, -0.25) is 4.90 Å². The molecule has 4 rings (SSSR count). The van der Waals surface area contributed by atoms with Crippen molar-refractivity contribution in [3.63, 3.8) is 0 Å². The molecular weight excluding hydrogens is 392 g/mol. The summed E-state index contributed by atoms with van der Waals surface area (Å²) in [5.74, 6) is 0.872. The molecule has 0 radical (unpaired) electrons. The Bertz CT molecular complexity index is 999. The fourth-order valence-electron chi connectivity index (χ4n) is 3.25. The van der Waals surface area contributed by atoms with Gasteiger partial charge in [-0.1, -0.05) is 17.7 Å². The normalized spacial score (nSPS) is 17.6. The fourth-order valence-corrected chi connectivity index (χ4v) is 6.05. The van der Waals surface area contributed by atoms with E-state index in [1.54, 1.807) is 21.8 Å². The van der Waals surface area contributed by atoms with Gasteiger partial charge in [0.15, 0.2) is 0 Å². The van der Waals surface area contributed by atoms with Crippen LogP contribution in [-0.4, -0.2) is 43.8 Å². The lowest BCUT2D eigenvalue weighted by Crippen LogP contribution is -2.34. The largest absolute Gasteiger partial charge is 0.460 e. The van der Waals surface area contributed by atoms with Gasteiger partial charge in [-0.15, -0.1) is 11.3 Å². The fraction of sp³-hybridized carbons (Fsp3) is 0.333. The first kappa shape index (κ1) is 18.0. The van der Waals surface area contributed by atoms with E-state index in [4.69, 9.17) is 16.0 Å². The Balaban J connectivity index is 1.45. The molecule has 0 atom stereocenters. The van der Waals surface area contributed by atoms with E-state index < -0.39 is 10.0 Å². The quantitative estimate of drug-likeness (QED) is 0.651. The van der Waals surface area contributed by atoms with Crippen molar-refractivity contribution in [2.45, 2.75) is 17.2 Å². The van der Waals surface area contributed by atoms with Crippen LogP contribution in [0.2, 0.25) is 5.02 Å². The molecule has 138 valence electrons. The minimum absolute atomic E-state index is 0.417. The van der Waals surface area contributed by atoms with E-state index in [1.165, 1.54) is 11.3 Å². The first-order valence-electron chi connectivity index (χ1n) is 8.46. The topological polar surface area (TPSA) is 53.8 Å². The van der Waals surface area contributed by atoms with Crippen LogP contribution in [-0.2, 0) is 16.6 Å². The van der Waals surface area contributed by atoms with Crippen LogP contribution in [0.3, 0.4) is 0 Å². The van der Waals surface area contributed by atoms with Crippen LogP contribution in [0.25, 0.3) is 11.0 Å². The van der Waals surface area contributed by atoms with Gasteiger partial charge < -0.3 is 4.42 Å². The van der Waals surface area contributed by atoms with Crippen molar-refractivity contribution in [1.82, 2.24) is 9.21 Å². The van der Waals surface area contributed by atoms with Crippen molar-refractivity contribution >= 4 is 43.9 Å². The molecule has 2 aromatic heterocycles. The van der Waals surface area contributed by atoms with E-state index in [-0.39, 0.29) is 0 Å². The SMILES string of the molecule is O=S(=O)(c1cccs1)N1CCCN(Cc2cc3cc(Cl)ccc3o2)CC1. The summed E-state index contributed by atoms with van der Waals surface area (Å²) in [7, 11) is -3.38. The predicted octanol–water partition coefficient (Wildman–Crippen LogP) is 4.04. The van der Waals surface area contributed by atoms with Gasteiger partial charge in [-0.05, 0) is 48.7 Å². The van der Waals surface area contributed by atoms with Gasteiger partial charge in [-0.2, -0.15) is 4.31 Å². The molecule has 0 N–H and O–H groups in total. The van der Waals surface area contributed by atoms with Gasteiger partial charge in [0.25, 0.3) is 10.0 Å². The number of benzene rings is 1. The summed E-state index contributed by atoms with van der Waals surface area (Å²) in [4.78, 5) is 2.24. The van der Waals surface area contributed by atoms with Gasteiger partial charge >= 0.3 is 0 Å². The number of thiophene rings is 1. The standard InChI is InChI=1S/C18H19ClN2O3S2/c19-15-4-5-17-14(11-15)12-16(24-17)13-20-6-2-7-21(9-8-20)26(22,23)18-3-1-10-25-18/h1,3-5,10-12H,2,6-9,13H2. The third kappa shape index (κ3) is 3.68. The van der Waals surface area contributed by atoms with Crippen LogP contribution in [0.15, 0.2) is 50.4 Å². The van der Waals surface area contributed by atoms with E-state index in [0.717, 1.165) is 29.7 Å². The zero-order valence-electron chi connectivity index (χ0n) is 14.1. The number of hydrogen-bond acceptors (Lipinski definition) is 5. The Morgan fingerprint density at radius 3 is 2.81 bits per heavy atom. The van der Waals surface area contributed by atoms with Crippen molar-refractivity contribution in [1.29, 1.82) is 0 Å². The van der Waals surface area contributed by atoms with Crippen molar-refractivity contribution in [2.24, 2.45) is 0 Å². The Labute approximate surface area is 161 Å². The summed E-state index contributed by atoms with van der Waals surface area (Å²) in [5, 5.41) is 3.48. The molecule has 0 spiro atoms. The molecule has 3 aromatic rings. The molecule has 0 unspecified atom stereocenters. The zero-order chi connectivity index (χ0) is 18.1. The van der Waals surface area contributed by atoms with Crippen molar-refractivity contribution in [3.8, 4) is 0 Å². The average Bonchev–Trinajstić information content (AvgIpc) is 3.21. The lowest BCUT2D eigenvalue weighted by molar-refractivity contribution is 0.258. The molecule has 8 heteroatoms. The van der Waals surface area contributed by atoms with Gasteiger partial charge in [-0.25, -0.2) is 8.42 Å². The molecule has 26 heavy (non-hydrogen) atoms. The van der Waals surface area contributed by atoms with E-state index in [0.29, 0.717) is 35.4 Å². The van der Waals surface area contributed by atoms with E-state index in [1.807, 2.05) is 24.3 Å². The van der Waals surface area contributed by atoms with Gasteiger partial charge in [0, 0.05) is 30.0 Å². The van der Waals surface area contributed by atoms with E-state index in [2.05, 4.69) is 4.90 Å². The summed E-state index contributed by atoms with van der Waals surface area (Å²) in [6.45, 7) is 3.23. The van der Waals surface area contributed by atoms with Crippen LogP contribution >= 0.6 is 22.9 Å². The second-order valence-corrected chi connectivity index (χ2v) is 9.91. The Kier molecular flexibility index (Phi) is 5.07. The van der Waals surface area contributed by atoms with Crippen molar-refractivity contribution in [3.05, 3.63) is 52.6 Å². The molecule has 3 heterocycles. The average molecular weight is 411 g/mol. The third-order valence-electron chi connectivity index (χ3n) is 4.55. The molecule has 1 aromatic carbocycles. The van der Waals surface area contributed by atoms with Crippen molar-refractivity contribution in [2.75, 3.05) is 26.2 Å². The number of nitrogens with zero attached hydrogens (tertiary/aromatic N) is 2. The van der Waals surface area contributed by atoms with Crippen LogP contribution in [0.4, 0.5) is 0 Å². The molecule has 1 aliphatic rings. The molecule has 1 fully saturated rings. The summed E-state index contributed by atoms with van der Waals surface area (Å²) in [6.07, 6.45) is 0.802. The molecule has 0 bridgehead atoms. The molecule has 0 amide bonds. The van der Waals surface area contributed by atoms with Gasteiger partial charge in [0.1, 0.15) is 15.6 Å². The van der Waals surface area contributed by atoms with Crippen LogP contribution < -0.4 is 0 Å². The first-order valence-corrected chi connectivity index (χ1v) is 11.2. The number of fused-ring (bicyclic) bond motifs is 1. The number of furan rings is 1. The van der Waals surface area contributed by atoms with Gasteiger partial charge in [0.05, 0.1) is 6.54 Å². The number of sulfonamides is 1. The predicted molar refractivity (Wildman–Crippen MR) is 104 cm³/mol. The van der Waals surface area contributed by atoms with Crippen LogP contribution in [0.1, 0.15) is 12.2 Å². The molecule has 0 saturated carbocycles. The second kappa shape index (κ2) is 7.32. The van der Waals surface area contributed by atoms with Crippen molar-refractivity contribution < 1.29 is 12.8 Å². The highest BCUT2D eigenvalue weighted by Crippen LogP contribution is 2.25. The Morgan fingerprint density at radius 1 is 1.12 bits per heavy atom.